The molecular weight excluding hydrogens is 252 g/mol. The Morgan fingerprint density at radius 3 is 2.33 bits per heavy atom. The monoisotopic (exact) mass is 266 g/mol. The highest BCUT2D eigenvalue weighted by Crippen LogP contribution is 2.33. The first kappa shape index (κ1) is 11.7. The van der Waals surface area contributed by atoms with Crippen LogP contribution in [0, 0.1) is 18.8 Å². The molecule has 3 rings (SSSR count). The van der Waals surface area contributed by atoms with Gasteiger partial charge in [0.15, 0.2) is 0 Å². The fourth-order valence-electron chi connectivity index (χ4n) is 2.71. The zero-order chi connectivity index (χ0) is 12.9. The van der Waals surface area contributed by atoms with Gasteiger partial charge in [-0.25, -0.2) is 0 Å². The molecule has 2 fully saturated rings. The van der Waals surface area contributed by atoms with Crippen LogP contribution in [0.3, 0.4) is 0 Å². The summed E-state index contributed by atoms with van der Waals surface area (Å²) in [5, 5.41) is 9.93. The van der Waals surface area contributed by atoms with E-state index in [4.69, 9.17) is 0 Å². The van der Waals surface area contributed by atoms with Crippen LogP contribution in [0.15, 0.2) is 0 Å². The summed E-state index contributed by atoms with van der Waals surface area (Å²) in [6.07, 6.45) is 0. The first-order valence-corrected chi connectivity index (χ1v) is 6.70. The summed E-state index contributed by atoms with van der Waals surface area (Å²) in [5.41, 5.74) is 0. The molecule has 0 radical (unpaired) electrons. The fraction of sp³-hybridized carbons (Fsp3) is 0.636. The van der Waals surface area contributed by atoms with E-state index in [2.05, 4.69) is 15.1 Å². The third-order valence-electron chi connectivity index (χ3n) is 3.62. The quantitative estimate of drug-likeness (QED) is 0.699. The normalized spacial score (nSPS) is 28.2. The summed E-state index contributed by atoms with van der Waals surface area (Å²) in [6.45, 7) is 3.90. The standard InChI is InChI=1S/C11H14N4O2S/c1-6-12-13-9(18-6)5-15-3-7-8(4-15)11(17)14(2)10(7)16/h7-8H,3-5H2,1-2H3/t7-,8+. The number of aryl methyl sites for hydroxylation is 1. The molecule has 7 heteroatoms. The van der Waals surface area contributed by atoms with Gasteiger partial charge in [0.25, 0.3) is 0 Å². The summed E-state index contributed by atoms with van der Waals surface area (Å²) < 4.78 is 0. The molecule has 2 aliphatic heterocycles. The van der Waals surface area contributed by atoms with E-state index in [1.165, 1.54) is 4.90 Å². The van der Waals surface area contributed by atoms with Gasteiger partial charge in [0.2, 0.25) is 11.8 Å². The first-order valence-electron chi connectivity index (χ1n) is 5.89. The molecule has 0 saturated carbocycles. The van der Waals surface area contributed by atoms with E-state index in [0.717, 1.165) is 10.0 Å². The minimum absolute atomic E-state index is 0.0408. The number of fused-ring (bicyclic) bond motifs is 1. The van der Waals surface area contributed by atoms with Crippen LogP contribution < -0.4 is 0 Å². The molecule has 3 heterocycles. The number of imide groups is 1. The van der Waals surface area contributed by atoms with Gasteiger partial charge < -0.3 is 0 Å². The molecule has 96 valence electrons. The van der Waals surface area contributed by atoms with Crippen molar-refractivity contribution in [2.45, 2.75) is 13.5 Å². The molecule has 0 bridgehead atoms. The van der Waals surface area contributed by atoms with Gasteiger partial charge in [0.1, 0.15) is 10.0 Å². The van der Waals surface area contributed by atoms with Gasteiger partial charge >= 0.3 is 0 Å². The molecule has 6 nitrogen and oxygen atoms in total. The van der Waals surface area contributed by atoms with E-state index in [1.54, 1.807) is 18.4 Å². The van der Waals surface area contributed by atoms with Gasteiger partial charge in [-0.05, 0) is 6.92 Å². The van der Waals surface area contributed by atoms with Crippen molar-refractivity contribution < 1.29 is 9.59 Å². The van der Waals surface area contributed by atoms with Crippen molar-refractivity contribution in [1.29, 1.82) is 0 Å². The van der Waals surface area contributed by atoms with Crippen LogP contribution in [0.1, 0.15) is 10.0 Å². The van der Waals surface area contributed by atoms with Gasteiger partial charge in [0.05, 0.1) is 18.4 Å². The van der Waals surface area contributed by atoms with Crippen LogP contribution >= 0.6 is 11.3 Å². The predicted molar refractivity (Wildman–Crippen MR) is 64.7 cm³/mol. The van der Waals surface area contributed by atoms with Crippen LogP contribution in [0.2, 0.25) is 0 Å². The number of rotatable bonds is 2. The molecule has 2 atom stereocenters. The Bertz CT molecular complexity index is 491. The number of hydrogen-bond donors (Lipinski definition) is 0. The first-order chi connectivity index (χ1) is 8.56. The smallest absolute Gasteiger partial charge is 0.234 e. The SMILES string of the molecule is Cc1nnc(CN2C[C@@H]3C(=O)N(C)C(=O)[C@@H]3C2)s1. The lowest BCUT2D eigenvalue weighted by Gasteiger charge is -2.16. The fourth-order valence-corrected chi connectivity index (χ4v) is 3.47. The highest BCUT2D eigenvalue weighted by Gasteiger charge is 2.50. The highest BCUT2D eigenvalue weighted by molar-refractivity contribution is 7.11. The maximum absolute atomic E-state index is 11.9. The van der Waals surface area contributed by atoms with Gasteiger partial charge in [-0.1, -0.05) is 0 Å². The number of nitrogens with zero attached hydrogens (tertiary/aromatic N) is 4. The van der Waals surface area contributed by atoms with Crippen molar-refractivity contribution in [2.75, 3.05) is 20.1 Å². The second-order valence-electron chi connectivity index (χ2n) is 4.86. The predicted octanol–water partition coefficient (Wildman–Crippen LogP) is -0.107. The van der Waals surface area contributed by atoms with Gasteiger partial charge in [-0.15, -0.1) is 21.5 Å². The Morgan fingerprint density at radius 2 is 1.83 bits per heavy atom. The van der Waals surface area contributed by atoms with Crippen molar-refractivity contribution >= 4 is 23.2 Å². The van der Waals surface area contributed by atoms with Gasteiger partial charge in [-0.2, -0.15) is 0 Å². The molecular formula is C11H14N4O2S. The maximum atomic E-state index is 11.9. The second kappa shape index (κ2) is 4.10. The maximum Gasteiger partial charge on any atom is 0.234 e. The molecule has 2 amide bonds. The topological polar surface area (TPSA) is 66.4 Å². The van der Waals surface area contributed by atoms with Crippen LogP contribution in [0.5, 0.6) is 0 Å². The summed E-state index contributed by atoms with van der Waals surface area (Å²) in [4.78, 5) is 27.1. The highest BCUT2D eigenvalue weighted by atomic mass is 32.1. The second-order valence-corrected chi connectivity index (χ2v) is 6.12. The molecule has 1 aromatic heterocycles. The number of likely N-dealkylation sites (tertiary alicyclic amines) is 2. The minimum atomic E-state index is -0.156. The number of carbonyl (C=O) groups excluding carboxylic acids is 2. The third kappa shape index (κ3) is 1.74. The van der Waals surface area contributed by atoms with Crippen LogP contribution in [-0.2, 0) is 16.1 Å². The summed E-state index contributed by atoms with van der Waals surface area (Å²) >= 11 is 1.56. The Kier molecular flexibility index (Phi) is 2.67. The molecule has 0 aromatic carbocycles. The Hall–Kier alpha value is -1.34. The minimum Gasteiger partial charge on any atom is -0.295 e. The molecule has 0 unspecified atom stereocenters. The number of aromatic nitrogens is 2. The largest absolute Gasteiger partial charge is 0.295 e. The molecule has 2 aliphatic rings. The molecule has 2 saturated heterocycles. The molecule has 0 aliphatic carbocycles. The molecule has 1 aromatic rings. The van der Waals surface area contributed by atoms with Crippen molar-refractivity contribution in [1.82, 2.24) is 20.0 Å². The van der Waals surface area contributed by atoms with Crippen LogP contribution in [0.25, 0.3) is 0 Å². The average Bonchev–Trinajstić information content (AvgIpc) is 2.97. The zero-order valence-electron chi connectivity index (χ0n) is 10.3. The van der Waals surface area contributed by atoms with Crippen molar-refractivity contribution in [3.63, 3.8) is 0 Å². The van der Waals surface area contributed by atoms with Gasteiger partial charge in [-0.3, -0.25) is 19.4 Å². The van der Waals surface area contributed by atoms with E-state index in [0.29, 0.717) is 19.6 Å². The van der Waals surface area contributed by atoms with Crippen molar-refractivity contribution in [2.24, 2.45) is 11.8 Å². The number of hydrogen-bond acceptors (Lipinski definition) is 6. The molecule has 18 heavy (non-hydrogen) atoms. The van der Waals surface area contributed by atoms with Crippen LogP contribution in [-0.4, -0.2) is 51.9 Å². The summed E-state index contributed by atoms with van der Waals surface area (Å²) in [7, 11) is 1.57. The summed E-state index contributed by atoms with van der Waals surface area (Å²) in [6, 6.07) is 0. The average molecular weight is 266 g/mol. The van der Waals surface area contributed by atoms with E-state index in [-0.39, 0.29) is 23.7 Å². The summed E-state index contributed by atoms with van der Waals surface area (Å²) in [5.74, 6) is -0.394. The van der Waals surface area contributed by atoms with E-state index >= 15 is 0 Å². The molecule has 0 N–H and O–H groups in total. The number of amides is 2. The Labute approximate surface area is 109 Å². The lowest BCUT2D eigenvalue weighted by atomic mass is 10.00. The van der Waals surface area contributed by atoms with Crippen molar-refractivity contribution in [3.05, 3.63) is 10.0 Å². The van der Waals surface area contributed by atoms with E-state index < -0.39 is 0 Å². The zero-order valence-corrected chi connectivity index (χ0v) is 11.1. The van der Waals surface area contributed by atoms with E-state index in [1.807, 2.05) is 6.92 Å². The lowest BCUT2D eigenvalue weighted by molar-refractivity contribution is -0.138. The Morgan fingerprint density at radius 1 is 1.22 bits per heavy atom. The van der Waals surface area contributed by atoms with Gasteiger partial charge in [0, 0.05) is 20.1 Å². The van der Waals surface area contributed by atoms with Crippen molar-refractivity contribution in [3.8, 4) is 0 Å². The lowest BCUT2D eigenvalue weighted by Crippen LogP contribution is -2.32. The molecule has 0 spiro atoms. The third-order valence-corrected chi connectivity index (χ3v) is 4.44. The number of carbonyl (C=O) groups is 2. The van der Waals surface area contributed by atoms with Crippen LogP contribution in [0.4, 0.5) is 0 Å². The van der Waals surface area contributed by atoms with E-state index in [9.17, 15) is 9.59 Å². The Balaban J connectivity index is 1.70.